The largest absolute Gasteiger partial charge is 0.380 e. The van der Waals surface area contributed by atoms with E-state index in [0.29, 0.717) is 0 Å². The van der Waals surface area contributed by atoms with Crippen LogP contribution in [0.2, 0.25) is 0 Å². The van der Waals surface area contributed by atoms with Gasteiger partial charge in [-0.05, 0) is 29.3 Å². The van der Waals surface area contributed by atoms with Gasteiger partial charge in [0, 0.05) is 35.0 Å². The molecule has 2 heterocycles. The van der Waals surface area contributed by atoms with E-state index in [2.05, 4.69) is 41.2 Å². The van der Waals surface area contributed by atoms with Gasteiger partial charge in [-0.2, -0.15) is 0 Å². The second kappa shape index (κ2) is 8.48. The molecule has 0 aliphatic carbocycles. The van der Waals surface area contributed by atoms with Crippen LogP contribution in [0, 0.1) is 0 Å². The van der Waals surface area contributed by atoms with Crippen molar-refractivity contribution in [3.05, 3.63) is 33.8 Å². The molecule has 2 aromatic rings. The Morgan fingerprint density at radius 1 is 1.26 bits per heavy atom. The van der Waals surface area contributed by atoms with E-state index in [1.165, 1.54) is 21.7 Å². The van der Waals surface area contributed by atoms with Gasteiger partial charge in [0.05, 0.1) is 6.61 Å². The predicted octanol–water partition coefficient (Wildman–Crippen LogP) is 4.38. The van der Waals surface area contributed by atoms with Crippen molar-refractivity contribution < 1.29 is 4.74 Å². The summed E-state index contributed by atoms with van der Waals surface area (Å²) in [7, 11) is 0. The van der Waals surface area contributed by atoms with Crippen LogP contribution >= 0.6 is 22.7 Å². The van der Waals surface area contributed by atoms with Crippen LogP contribution in [0.3, 0.4) is 0 Å². The van der Waals surface area contributed by atoms with E-state index in [9.17, 15) is 0 Å². The van der Waals surface area contributed by atoms with Crippen LogP contribution in [0.1, 0.15) is 24.6 Å². The van der Waals surface area contributed by atoms with E-state index < -0.39 is 0 Å². The maximum absolute atomic E-state index is 5.52. The van der Waals surface area contributed by atoms with Crippen LogP contribution in [0.5, 0.6) is 0 Å². The van der Waals surface area contributed by atoms with Crippen molar-refractivity contribution in [1.29, 1.82) is 0 Å². The molecule has 0 unspecified atom stereocenters. The molecule has 19 heavy (non-hydrogen) atoms. The fraction of sp³-hybridized carbons (Fsp3) is 0.467. The first-order valence-corrected chi connectivity index (χ1v) is 8.56. The Kier molecular flexibility index (Phi) is 6.57. The number of hydrogen-bond donors (Lipinski definition) is 1. The van der Waals surface area contributed by atoms with Gasteiger partial charge in [0.2, 0.25) is 0 Å². The Labute approximate surface area is 123 Å². The number of unbranched alkanes of at least 4 members (excludes halogenated alkanes) is 1. The van der Waals surface area contributed by atoms with Gasteiger partial charge in [-0.15, -0.1) is 22.7 Å². The zero-order chi connectivity index (χ0) is 13.3. The molecule has 0 fully saturated rings. The zero-order valence-corrected chi connectivity index (χ0v) is 13.0. The first-order chi connectivity index (χ1) is 9.40. The van der Waals surface area contributed by atoms with Crippen molar-refractivity contribution in [2.24, 2.45) is 0 Å². The Morgan fingerprint density at radius 3 is 3.00 bits per heavy atom. The van der Waals surface area contributed by atoms with Crippen LogP contribution in [0.15, 0.2) is 29.0 Å². The van der Waals surface area contributed by atoms with E-state index in [1.54, 1.807) is 11.3 Å². The second-order valence-electron chi connectivity index (χ2n) is 4.42. The highest BCUT2D eigenvalue weighted by Crippen LogP contribution is 2.29. The van der Waals surface area contributed by atoms with Gasteiger partial charge in [-0.1, -0.05) is 19.4 Å². The summed E-state index contributed by atoms with van der Waals surface area (Å²) in [5.41, 5.74) is 1.34. The van der Waals surface area contributed by atoms with Crippen molar-refractivity contribution in [1.82, 2.24) is 5.32 Å². The van der Waals surface area contributed by atoms with Crippen molar-refractivity contribution in [2.75, 3.05) is 19.8 Å². The smallest absolute Gasteiger partial charge is 0.0591 e. The number of rotatable bonds is 9. The summed E-state index contributed by atoms with van der Waals surface area (Å²) in [6.45, 7) is 5.75. The van der Waals surface area contributed by atoms with Gasteiger partial charge >= 0.3 is 0 Å². The highest BCUT2D eigenvalue weighted by Gasteiger charge is 2.02. The maximum Gasteiger partial charge on any atom is 0.0591 e. The molecule has 2 rings (SSSR count). The number of hydrogen-bond acceptors (Lipinski definition) is 4. The first kappa shape index (κ1) is 14.7. The topological polar surface area (TPSA) is 21.3 Å². The van der Waals surface area contributed by atoms with E-state index in [-0.39, 0.29) is 0 Å². The minimum Gasteiger partial charge on any atom is -0.380 e. The van der Waals surface area contributed by atoms with Crippen LogP contribution in [-0.4, -0.2) is 19.8 Å². The fourth-order valence-corrected chi connectivity index (χ4v) is 3.39. The van der Waals surface area contributed by atoms with Crippen LogP contribution in [0.25, 0.3) is 10.4 Å². The average Bonchev–Trinajstić information content (AvgIpc) is 3.08. The normalized spacial score (nSPS) is 11.0. The monoisotopic (exact) mass is 295 g/mol. The Balaban J connectivity index is 1.64. The summed E-state index contributed by atoms with van der Waals surface area (Å²) in [6.07, 6.45) is 2.36. The zero-order valence-electron chi connectivity index (χ0n) is 11.4. The molecule has 4 heteroatoms. The van der Waals surface area contributed by atoms with Crippen LogP contribution in [-0.2, 0) is 11.3 Å². The molecule has 1 N–H and O–H groups in total. The highest BCUT2D eigenvalue weighted by molar-refractivity contribution is 7.14. The van der Waals surface area contributed by atoms with Gasteiger partial charge in [-0.25, -0.2) is 0 Å². The molecule has 0 spiro atoms. The molecule has 0 aromatic carbocycles. The van der Waals surface area contributed by atoms with Crippen LogP contribution < -0.4 is 5.32 Å². The van der Waals surface area contributed by atoms with E-state index in [4.69, 9.17) is 4.74 Å². The summed E-state index contributed by atoms with van der Waals surface area (Å²) in [6, 6.07) is 6.55. The molecule has 104 valence electrons. The van der Waals surface area contributed by atoms with Crippen molar-refractivity contribution in [2.45, 2.75) is 26.3 Å². The molecule has 0 amide bonds. The quantitative estimate of drug-likeness (QED) is 0.693. The summed E-state index contributed by atoms with van der Waals surface area (Å²) < 4.78 is 5.52. The SMILES string of the molecule is CCCCOCCNCc1cc(-c2cccs2)cs1. The van der Waals surface area contributed by atoms with Crippen LogP contribution in [0.4, 0.5) is 0 Å². The minimum absolute atomic E-state index is 0.809. The van der Waals surface area contributed by atoms with Gasteiger partial charge in [0.25, 0.3) is 0 Å². The third-order valence-electron chi connectivity index (χ3n) is 2.82. The molecule has 0 radical (unpaired) electrons. The number of nitrogens with one attached hydrogen (secondary N) is 1. The lowest BCUT2D eigenvalue weighted by atomic mass is 10.2. The molecular weight excluding hydrogens is 274 g/mol. The van der Waals surface area contributed by atoms with E-state index >= 15 is 0 Å². The van der Waals surface area contributed by atoms with Crippen molar-refractivity contribution >= 4 is 22.7 Å². The first-order valence-electron chi connectivity index (χ1n) is 6.80. The highest BCUT2D eigenvalue weighted by atomic mass is 32.1. The van der Waals surface area contributed by atoms with E-state index in [1.807, 2.05) is 11.3 Å². The summed E-state index contributed by atoms with van der Waals surface area (Å²) in [5, 5.41) is 7.79. The standard InChI is InChI=1S/C15H21NOS2/c1-2-3-7-17-8-6-16-11-14-10-13(12-19-14)15-5-4-9-18-15/h4-5,9-10,12,16H,2-3,6-8,11H2,1H3. The molecule has 0 saturated heterocycles. The summed E-state index contributed by atoms with van der Waals surface area (Å²) >= 11 is 3.62. The molecular formula is C15H21NOS2. The van der Waals surface area contributed by atoms with Gasteiger partial charge in [0.1, 0.15) is 0 Å². The molecule has 2 nitrogen and oxygen atoms in total. The fourth-order valence-electron chi connectivity index (χ4n) is 1.75. The predicted molar refractivity (Wildman–Crippen MR) is 85.1 cm³/mol. The lowest BCUT2D eigenvalue weighted by molar-refractivity contribution is 0.133. The molecule has 0 atom stereocenters. The van der Waals surface area contributed by atoms with Gasteiger partial charge < -0.3 is 10.1 Å². The van der Waals surface area contributed by atoms with Crippen molar-refractivity contribution in [3.8, 4) is 10.4 Å². The molecule has 0 aliphatic rings. The van der Waals surface area contributed by atoms with Crippen molar-refractivity contribution in [3.63, 3.8) is 0 Å². The Morgan fingerprint density at radius 2 is 2.21 bits per heavy atom. The third kappa shape index (κ3) is 5.07. The minimum atomic E-state index is 0.809. The number of thiophene rings is 2. The molecule has 0 aliphatic heterocycles. The van der Waals surface area contributed by atoms with Gasteiger partial charge in [0.15, 0.2) is 0 Å². The summed E-state index contributed by atoms with van der Waals surface area (Å²) in [5.74, 6) is 0. The molecule has 2 aromatic heterocycles. The second-order valence-corrected chi connectivity index (χ2v) is 6.37. The van der Waals surface area contributed by atoms with Gasteiger partial charge in [-0.3, -0.25) is 0 Å². The maximum atomic E-state index is 5.52. The third-order valence-corrected chi connectivity index (χ3v) is 4.68. The Hall–Kier alpha value is -0.680. The lowest BCUT2D eigenvalue weighted by Gasteiger charge is -2.04. The lowest BCUT2D eigenvalue weighted by Crippen LogP contribution is -2.18. The van der Waals surface area contributed by atoms with E-state index in [0.717, 1.165) is 32.7 Å². The average molecular weight is 295 g/mol. The number of ether oxygens (including phenoxy) is 1. The molecule has 0 bridgehead atoms. The Bertz CT molecular complexity index is 450. The summed E-state index contributed by atoms with van der Waals surface area (Å²) in [4.78, 5) is 2.74. The molecule has 0 saturated carbocycles.